The Bertz CT molecular complexity index is 3840. The summed E-state index contributed by atoms with van der Waals surface area (Å²) in [6, 6.07) is 84.0. The van der Waals surface area contributed by atoms with Gasteiger partial charge in [0.1, 0.15) is 11.5 Å². The van der Waals surface area contributed by atoms with Gasteiger partial charge in [-0.1, -0.05) is 138 Å². The van der Waals surface area contributed by atoms with E-state index in [1.807, 2.05) is 72.9 Å². The van der Waals surface area contributed by atoms with Crippen molar-refractivity contribution >= 4 is 32.3 Å². The molecule has 0 amide bonds. The van der Waals surface area contributed by atoms with Gasteiger partial charge in [0.25, 0.3) is 0 Å². The van der Waals surface area contributed by atoms with Crippen LogP contribution in [0.3, 0.4) is 0 Å². The van der Waals surface area contributed by atoms with Gasteiger partial charge in [0, 0.05) is 24.7 Å². The van der Waals surface area contributed by atoms with Gasteiger partial charge in [-0.3, -0.25) is 0 Å². The van der Waals surface area contributed by atoms with Crippen LogP contribution in [-0.4, -0.2) is 15.0 Å². The van der Waals surface area contributed by atoms with Crippen molar-refractivity contribution in [2.24, 2.45) is 0 Å². The molecule has 362 valence electrons. The Hall–Kier alpha value is -8.54. The van der Waals surface area contributed by atoms with Crippen molar-refractivity contribution in [1.82, 2.24) is 15.0 Å². The van der Waals surface area contributed by atoms with E-state index in [-0.39, 0.29) is 20.1 Å². The van der Waals surface area contributed by atoms with Crippen LogP contribution >= 0.6 is 0 Å². The normalized spacial score (nSPS) is 11.6. The Morgan fingerprint density at radius 1 is 0.333 bits per heavy atom. The van der Waals surface area contributed by atoms with Crippen molar-refractivity contribution < 1.29 is 29.6 Å². The first kappa shape index (κ1) is 48.7. The molecule has 6 heteroatoms. The summed E-state index contributed by atoms with van der Waals surface area (Å²) in [5, 5.41) is 7.54. The first-order chi connectivity index (χ1) is 36.1. The van der Waals surface area contributed by atoms with E-state index in [1.54, 1.807) is 12.4 Å². The third-order valence-corrected chi connectivity index (χ3v) is 14.0. The number of benzene rings is 9. The average Bonchev–Trinajstić information content (AvgIpc) is 3.46. The number of aromatic nitrogens is 3. The van der Waals surface area contributed by atoms with Crippen molar-refractivity contribution in [2.75, 3.05) is 0 Å². The van der Waals surface area contributed by atoms with Gasteiger partial charge in [0.05, 0.1) is 11.2 Å². The number of hydrogen-bond acceptors (Lipinski definition) is 5. The molecule has 12 rings (SSSR count). The molecular formula is C69H50IrN3O2. The van der Waals surface area contributed by atoms with Crippen molar-refractivity contribution in [3.63, 3.8) is 0 Å². The molecule has 75 heavy (non-hydrogen) atoms. The molecule has 0 unspecified atom stereocenters. The minimum absolute atomic E-state index is 0. The molecule has 0 aliphatic rings. The molecule has 0 saturated carbocycles. The van der Waals surface area contributed by atoms with Gasteiger partial charge in [-0.15, -0.1) is 89.5 Å². The van der Waals surface area contributed by atoms with E-state index < -0.39 is 11.2 Å². The third kappa shape index (κ3) is 9.87. The zero-order valence-corrected chi connectivity index (χ0v) is 44.3. The summed E-state index contributed by atoms with van der Waals surface area (Å²) in [7, 11) is 0. The molecule has 0 fully saturated rings. The molecule has 0 bridgehead atoms. The summed E-state index contributed by atoms with van der Waals surface area (Å²) in [6.45, 7) is 8.31. The molecule has 0 N–H and O–H groups in total. The summed E-state index contributed by atoms with van der Waals surface area (Å²) in [5.41, 5.74) is 12.1. The van der Waals surface area contributed by atoms with Gasteiger partial charge in [-0.05, 0) is 136 Å². The largest absolute Gasteiger partial charge is 3.00 e. The maximum atomic E-state index is 6.99. The van der Waals surface area contributed by atoms with Gasteiger partial charge in [-0.25, -0.2) is 0 Å². The van der Waals surface area contributed by atoms with E-state index in [0.29, 0.717) is 11.5 Å². The van der Waals surface area contributed by atoms with Gasteiger partial charge >= 0.3 is 20.1 Å². The Morgan fingerprint density at radius 2 is 0.773 bits per heavy atom. The van der Waals surface area contributed by atoms with Crippen molar-refractivity contribution in [3.05, 3.63) is 260 Å². The van der Waals surface area contributed by atoms with Gasteiger partial charge in [-0.2, -0.15) is 0 Å². The molecule has 3 heterocycles. The van der Waals surface area contributed by atoms with Gasteiger partial charge < -0.3 is 24.4 Å². The predicted molar refractivity (Wildman–Crippen MR) is 302 cm³/mol. The molecule has 0 atom stereocenters. The first-order valence-corrected chi connectivity index (χ1v) is 25.0. The second-order valence-corrected chi connectivity index (χ2v) is 19.6. The molecule has 0 saturated heterocycles. The molecule has 0 aliphatic carbocycles. The zero-order valence-electron chi connectivity index (χ0n) is 41.9. The summed E-state index contributed by atoms with van der Waals surface area (Å²) in [5.74, 6) is 1.33. The molecule has 5 nitrogen and oxygen atoms in total. The average molecular weight is 1150 g/mol. The molecule has 3 aromatic heterocycles. The van der Waals surface area contributed by atoms with Crippen LogP contribution in [0.25, 0.3) is 99.5 Å². The number of ether oxygens (including phenoxy) is 2. The smallest absolute Gasteiger partial charge is 0.492 e. The molecule has 12 aromatic rings. The minimum Gasteiger partial charge on any atom is -0.492 e. The number of pyridine rings is 3. The Labute approximate surface area is 451 Å². The summed E-state index contributed by atoms with van der Waals surface area (Å²) < 4.78 is 14.0. The van der Waals surface area contributed by atoms with Crippen LogP contribution in [0.5, 0.6) is 11.5 Å². The molecule has 0 spiro atoms. The Balaban J connectivity index is 0.00000602. The first-order valence-electron chi connectivity index (χ1n) is 25.0. The second-order valence-electron chi connectivity index (χ2n) is 19.6. The van der Waals surface area contributed by atoms with Crippen LogP contribution in [0.15, 0.2) is 231 Å². The summed E-state index contributed by atoms with van der Waals surface area (Å²) in [6.07, 6.45) is 5.49. The molecular weight excluding hydrogens is 1090 g/mol. The number of hydrogen-bond donors (Lipinski definition) is 0. The number of nitrogens with zero attached hydrogens (tertiary/aromatic N) is 3. The number of rotatable bonds is 12. The topological polar surface area (TPSA) is 57.1 Å². The van der Waals surface area contributed by atoms with Gasteiger partial charge in [0.2, 0.25) is 0 Å². The third-order valence-electron chi connectivity index (χ3n) is 14.0. The fraction of sp³-hybridized carbons (Fsp3) is 0.0870. The minimum atomic E-state index is -0.728. The van der Waals surface area contributed by atoms with Gasteiger partial charge in [0.15, 0.2) is 0 Å². The van der Waals surface area contributed by atoms with E-state index in [9.17, 15) is 0 Å². The predicted octanol–water partition coefficient (Wildman–Crippen LogP) is 17.4. The van der Waals surface area contributed by atoms with Crippen molar-refractivity contribution in [3.8, 4) is 78.7 Å². The number of fused-ring (bicyclic) bond motifs is 6. The SMILES string of the molecule is CC(C)(Oc1cc(OC(C)(C)c2c[c-]c(-c3ccccn3)cc2)cc(-c2ccccc2-c2c[c-]c(-c3cc(-c4ccc5c6ccccc6c6ccccc6c5c4)ccn3)cc2)c1)c1c[c-]c(-c2ccccn2)cc1.[Ir+3]. The van der Waals surface area contributed by atoms with Crippen molar-refractivity contribution in [1.29, 1.82) is 0 Å². The van der Waals surface area contributed by atoms with Crippen LogP contribution in [0.1, 0.15) is 38.8 Å². The quantitative estimate of drug-likeness (QED) is 0.0901. The van der Waals surface area contributed by atoms with E-state index in [1.165, 1.54) is 32.3 Å². The molecule has 9 aromatic carbocycles. The fourth-order valence-corrected chi connectivity index (χ4v) is 10.1. The standard InChI is InChI=1S/C69H50N3O2.Ir/c1-68(2,53-32-27-47(28-33-53)65-21-11-13-38-70-65)73-55-41-52(42-56(45-55)74-69(3,4)54-34-29-48(30-35-54)66-22-12-14-39-71-66)58-16-6-5-15-57(58)46-23-25-49(26-24-46)67-44-51(37-40-72-67)50-31-36-63-61-19-8-7-17-59(61)60-18-9-10-20-62(60)64(63)43-50;/h5-25,27,29,31-45H,1-4H3;/q-3;+3. The Morgan fingerprint density at radius 3 is 1.28 bits per heavy atom. The second kappa shape index (κ2) is 20.4. The van der Waals surface area contributed by atoms with Crippen LogP contribution in [-0.2, 0) is 31.3 Å². The summed E-state index contributed by atoms with van der Waals surface area (Å²) >= 11 is 0. The monoisotopic (exact) mass is 1150 g/mol. The molecule has 0 radical (unpaired) electrons. The fourth-order valence-electron chi connectivity index (χ4n) is 10.1. The Kier molecular flexibility index (Phi) is 13.3. The van der Waals surface area contributed by atoms with E-state index in [0.717, 1.165) is 78.3 Å². The van der Waals surface area contributed by atoms with Crippen LogP contribution in [0, 0.1) is 18.2 Å². The van der Waals surface area contributed by atoms with Crippen molar-refractivity contribution in [2.45, 2.75) is 38.9 Å². The van der Waals surface area contributed by atoms with Crippen LogP contribution < -0.4 is 9.47 Å². The van der Waals surface area contributed by atoms with E-state index >= 15 is 0 Å². The maximum Gasteiger partial charge on any atom is 3.00 e. The van der Waals surface area contributed by atoms with Crippen LogP contribution in [0.2, 0.25) is 0 Å². The molecule has 0 aliphatic heterocycles. The summed E-state index contributed by atoms with van der Waals surface area (Å²) in [4.78, 5) is 13.9. The van der Waals surface area contributed by atoms with Crippen LogP contribution in [0.4, 0.5) is 0 Å². The zero-order chi connectivity index (χ0) is 50.2. The van der Waals surface area contributed by atoms with E-state index in [2.05, 4.69) is 201 Å². The van der Waals surface area contributed by atoms with E-state index in [4.69, 9.17) is 14.5 Å². The maximum absolute atomic E-state index is 6.99.